The Morgan fingerprint density at radius 1 is 1.56 bits per heavy atom. The van der Waals surface area contributed by atoms with Crippen LogP contribution in [0.15, 0.2) is 4.52 Å². The molecule has 2 heterocycles. The molecule has 3 atom stereocenters. The maximum absolute atomic E-state index is 5.42. The quantitative estimate of drug-likeness (QED) is 0.867. The second kappa shape index (κ2) is 6.82. The first kappa shape index (κ1) is 14.2. The van der Waals surface area contributed by atoms with Gasteiger partial charge in [-0.05, 0) is 13.5 Å². The van der Waals surface area contributed by atoms with Gasteiger partial charge in [0.1, 0.15) is 0 Å². The van der Waals surface area contributed by atoms with Gasteiger partial charge in [-0.15, -0.1) is 0 Å². The van der Waals surface area contributed by atoms with Gasteiger partial charge in [-0.2, -0.15) is 28.5 Å². The first-order valence-corrected chi connectivity index (χ1v) is 8.64. The third kappa shape index (κ3) is 3.42. The van der Waals surface area contributed by atoms with E-state index in [1.807, 2.05) is 30.6 Å². The molecular weight excluding hydrogens is 266 g/mol. The van der Waals surface area contributed by atoms with E-state index >= 15 is 0 Å². The monoisotopic (exact) mass is 287 g/mol. The molecular formula is C12H21N3OS2. The zero-order valence-electron chi connectivity index (χ0n) is 11.2. The van der Waals surface area contributed by atoms with Crippen molar-refractivity contribution in [1.29, 1.82) is 0 Å². The first-order chi connectivity index (χ1) is 8.74. The van der Waals surface area contributed by atoms with E-state index in [4.69, 9.17) is 4.52 Å². The summed E-state index contributed by atoms with van der Waals surface area (Å²) in [5.74, 6) is 5.06. The Bertz CT molecular complexity index is 372. The maximum atomic E-state index is 5.42. The molecule has 1 aliphatic heterocycles. The van der Waals surface area contributed by atoms with Crippen molar-refractivity contribution in [2.75, 3.05) is 18.6 Å². The molecule has 0 amide bonds. The lowest BCUT2D eigenvalue weighted by molar-refractivity contribution is 0.341. The fraction of sp³-hybridized carbons (Fsp3) is 0.833. The van der Waals surface area contributed by atoms with Gasteiger partial charge < -0.3 is 9.84 Å². The summed E-state index contributed by atoms with van der Waals surface area (Å²) in [6.07, 6.45) is 1.18. The highest BCUT2D eigenvalue weighted by atomic mass is 32.2. The Morgan fingerprint density at radius 2 is 2.39 bits per heavy atom. The first-order valence-electron chi connectivity index (χ1n) is 6.43. The number of nitrogens with one attached hydrogen (secondary N) is 1. The van der Waals surface area contributed by atoms with Gasteiger partial charge >= 0.3 is 0 Å². The lowest BCUT2D eigenvalue weighted by Crippen LogP contribution is -2.31. The molecule has 2 rings (SSSR count). The molecule has 1 N–H and O–H groups in total. The molecule has 0 aliphatic carbocycles. The lowest BCUT2D eigenvalue weighted by Gasteiger charge is -2.13. The zero-order valence-corrected chi connectivity index (χ0v) is 12.8. The molecule has 6 heteroatoms. The second-order valence-corrected chi connectivity index (χ2v) is 7.12. The van der Waals surface area contributed by atoms with E-state index in [0.717, 1.165) is 29.0 Å². The number of nitrogens with zero attached hydrogens (tertiary/aromatic N) is 2. The fourth-order valence-corrected chi connectivity index (χ4v) is 4.10. The highest BCUT2D eigenvalue weighted by Crippen LogP contribution is 2.32. The van der Waals surface area contributed by atoms with Crippen LogP contribution in [-0.4, -0.2) is 40.0 Å². The van der Waals surface area contributed by atoms with E-state index in [1.165, 1.54) is 6.42 Å². The molecule has 4 nitrogen and oxygen atoms in total. The Labute approximate surface area is 117 Å². The van der Waals surface area contributed by atoms with Gasteiger partial charge in [0.25, 0.3) is 0 Å². The normalized spacial score (nSPS) is 25.5. The second-order valence-electron chi connectivity index (χ2n) is 4.62. The topological polar surface area (TPSA) is 51.0 Å². The third-order valence-electron chi connectivity index (χ3n) is 3.32. The molecule has 0 radical (unpaired) electrons. The van der Waals surface area contributed by atoms with E-state index < -0.39 is 0 Å². The highest BCUT2D eigenvalue weighted by Gasteiger charge is 2.32. The lowest BCUT2D eigenvalue weighted by atomic mass is 10.0. The number of aromatic nitrogens is 2. The van der Waals surface area contributed by atoms with Crippen LogP contribution in [0.3, 0.4) is 0 Å². The Morgan fingerprint density at radius 3 is 3.11 bits per heavy atom. The highest BCUT2D eigenvalue weighted by molar-refractivity contribution is 7.99. The van der Waals surface area contributed by atoms with Crippen LogP contribution in [0.25, 0.3) is 0 Å². The van der Waals surface area contributed by atoms with Gasteiger partial charge in [-0.1, -0.05) is 19.0 Å². The number of rotatable bonds is 6. The van der Waals surface area contributed by atoms with Crippen LogP contribution in [0, 0.1) is 0 Å². The van der Waals surface area contributed by atoms with E-state index in [9.17, 15) is 0 Å². The average Bonchev–Trinajstić information content (AvgIpc) is 3.03. The number of likely N-dealkylation sites (N-methyl/N-ethyl adjacent to an activating group) is 1. The molecule has 1 saturated heterocycles. The van der Waals surface area contributed by atoms with Crippen LogP contribution >= 0.6 is 23.5 Å². The van der Waals surface area contributed by atoms with Crippen LogP contribution in [0.4, 0.5) is 0 Å². The molecule has 18 heavy (non-hydrogen) atoms. The van der Waals surface area contributed by atoms with Crippen molar-refractivity contribution in [3.05, 3.63) is 11.7 Å². The molecule has 1 aliphatic rings. The standard InChI is InChI=1S/C12H21N3OS2/c1-4-8(2)18-7-11-14-12(16-15-11)9-5-17-6-10(9)13-3/h8-10,13H,4-7H2,1-3H3. The molecule has 1 aromatic rings. The van der Waals surface area contributed by atoms with Crippen LogP contribution in [0.2, 0.25) is 0 Å². The molecule has 1 aromatic heterocycles. The van der Waals surface area contributed by atoms with Crippen molar-refractivity contribution >= 4 is 23.5 Å². The zero-order chi connectivity index (χ0) is 13.0. The molecule has 3 unspecified atom stereocenters. The summed E-state index contributed by atoms with van der Waals surface area (Å²) in [5, 5.41) is 8.07. The van der Waals surface area contributed by atoms with Crippen molar-refractivity contribution < 1.29 is 4.52 Å². The smallest absolute Gasteiger partial charge is 0.232 e. The van der Waals surface area contributed by atoms with E-state index in [2.05, 4.69) is 29.3 Å². The van der Waals surface area contributed by atoms with Crippen molar-refractivity contribution in [2.24, 2.45) is 0 Å². The Balaban J connectivity index is 1.93. The molecule has 0 aromatic carbocycles. The number of hydrogen-bond acceptors (Lipinski definition) is 6. The van der Waals surface area contributed by atoms with Gasteiger partial charge in [0.05, 0.1) is 11.7 Å². The average molecular weight is 287 g/mol. The minimum atomic E-state index is 0.370. The van der Waals surface area contributed by atoms with Crippen molar-refractivity contribution in [2.45, 2.75) is 43.2 Å². The summed E-state index contributed by atoms with van der Waals surface area (Å²) in [6.45, 7) is 4.43. The van der Waals surface area contributed by atoms with Crippen molar-refractivity contribution in [3.63, 3.8) is 0 Å². The fourth-order valence-electron chi connectivity index (χ4n) is 1.89. The summed E-state index contributed by atoms with van der Waals surface area (Å²) in [6, 6.07) is 0.463. The van der Waals surface area contributed by atoms with Gasteiger partial charge in [0.2, 0.25) is 5.89 Å². The van der Waals surface area contributed by atoms with Crippen molar-refractivity contribution in [3.8, 4) is 0 Å². The van der Waals surface area contributed by atoms with E-state index in [-0.39, 0.29) is 0 Å². The summed E-state index contributed by atoms with van der Waals surface area (Å²) >= 11 is 3.83. The molecule has 0 bridgehead atoms. The van der Waals surface area contributed by atoms with Gasteiger partial charge in [-0.25, -0.2) is 0 Å². The minimum absolute atomic E-state index is 0.370. The van der Waals surface area contributed by atoms with Crippen LogP contribution in [0.1, 0.15) is 37.9 Å². The summed E-state index contributed by atoms with van der Waals surface area (Å²) in [4.78, 5) is 4.54. The summed E-state index contributed by atoms with van der Waals surface area (Å²) in [7, 11) is 2.00. The minimum Gasteiger partial charge on any atom is -0.339 e. The predicted molar refractivity (Wildman–Crippen MR) is 78.3 cm³/mol. The van der Waals surface area contributed by atoms with Gasteiger partial charge in [0, 0.05) is 22.8 Å². The van der Waals surface area contributed by atoms with Gasteiger partial charge in [0.15, 0.2) is 5.82 Å². The van der Waals surface area contributed by atoms with E-state index in [0.29, 0.717) is 17.2 Å². The molecule has 0 spiro atoms. The largest absolute Gasteiger partial charge is 0.339 e. The SMILES string of the molecule is CCC(C)SCc1noc(C2CSCC2NC)n1. The number of hydrogen-bond donors (Lipinski definition) is 1. The van der Waals surface area contributed by atoms with Crippen LogP contribution < -0.4 is 5.32 Å². The van der Waals surface area contributed by atoms with Crippen LogP contribution in [-0.2, 0) is 5.75 Å². The predicted octanol–water partition coefficient (Wildman–Crippen LogP) is 2.52. The molecule has 1 fully saturated rings. The molecule has 102 valence electrons. The Kier molecular flexibility index (Phi) is 5.38. The number of thioether (sulfide) groups is 2. The van der Waals surface area contributed by atoms with Crippen LogP contribution in [0.5, 0.6) is 0 Å². The van der Waals surface area contributed by atoms with E-state index in [1.54, 1.807) is 0 Å². The summed E-state index contributed by atoms with van der Waals surface area (Å²) in [5.41, 5.74) is 0. The van der Waals surface area contributed by atoms with Gasteiger partial charge in [-0.3, -0.25) is 0 Å². The summed E-state index contributed by atoms with van der Waals surface area (Å²) < 4.78 is 5.42. The van der Waals surface area contributed by atoms with Crippen molar-refractivity contribution in [1.82, 2.24) is 15.5 Å². The molecule has 0 saturated carbocycles. The maximum Gasteiger partial charge on any atom is 0.232 e. The Hall–Kier alpha value is -0.200. The third-order valence-corrected chi connectivity index (χ3v) is 5.84.